The molecule has 1 atom stereocenters. The zero-order valence-corrected chi connectivity index (χ0v) is 22.2. The van der Waals surface area contributed by atoms with Crippen molar-refractivity contribution in [3.05, 3.63) is 114 Å². The van der Waals surface area contributed by atoms with E-state index in [0.717, 1.165) is 35.5 Å². The molecule has 1 amide bonds. The summed E-state index contributed by atoms with van der Waals surface area (Å²) >= 11 is 0. The van der Waals surface area contributed by atoms with Crippen LogP contribution in [0.1, 0.15) is 60.0 Å². The minimum atomic E-state index is -0.179. The van der Waals surface area contributed by atoms with Crippen molar-refractivity contribution in [2.24, 2.45) is 11.7 Å². The molecular formula is C32H38N4O. The van der Waals surface area contributed by atoms with Crippen LogP contribution in [0.5, 0.6) is 0 Å². The van der Waals surface area contributed by atoms with Crippen molar-refractivity contribution >= 4 is 5.91 Å². The Morgan fingerprint density at radius 3 is 2.22 bits per heavy atom. The standard InChI is InChI=1S/C32H38N4O/c1-24(2)21-30(36(20-10-19-33)32(37)28-17-15-25(3)16-18-28)31-34-29(27-13-8-5-9-14-27)23-35(31)22-26-11-6-4-7-12-26/h4-9,11-18,23-24,30H,10,19-22,33H2,1-3H3/t30-/m1/s1. The number of hydrogen-bond acceptors (Lipinski definition) is 3. The maximum Gasteiger partial charge on any atom is 0.254 e. The Bertz CT molecular complexity index is 1260. The highest BCUT2D eigenvalue weighted by molar-refractivity contribution is 5.94. The van der Waals surface area contributed by atoms with Crippen LogP contribution in [0, 0.1) is 12.8 Å². The minimum Gasteiger partial charge on any atom is -0.330 e. The van der Waals surface area contributed by atoms with Crippen LogP contribution < -0.4 is 5.73 Å². The zero-order valence-electron chi connectivity index (χ0n) is 22.2. The number of amides is 1. The molecule has 0 spiro atoms. The van der Waals surface area contributed by atoms with E-state index in [0.29, 0.717) is 31.1 Å². The number of imidazole rings is 1. The van der Waals surface area contributed by atoms with E-state index < -0.39 is 0 Å². The van der Waals surface area contributed by atoms with Crippen LogP contribution in [0.2, 0.25) is 0 Å². The first-order valence-corrected chi connectivity index (χ1v) is 13.2. The summed E-state index contributed by atoms with van der Waals surface area (Å²) in [7, 11) is 0. The lowest BCUT2D eigenvalue weighted by molar-refractivity contribution is 0.0638. The quantitative estimate of drug-likeness (QED) is 0.259. The lowest BCUT2D eigenvalue weighted by atomic mass is 9.99. The highest BCUT2D eigenvalue weighted by Gasteiger charge is 2.30. The third kappa shape index (κ3) is 6.75. The van der Waals surface area contributed by atoms with Crippen molar-refractivity contribution in [3.8, 4) is 11.3 Å². The van der Waals surface area contributed by atoms with Gasteiger partial charge in [-0.15, -0.1) is 0 Å². The Kier molecular flexibility index (Phi) is 8.91. The predicted molar refractivity (Wildman–Crippen MR) is 151 cm³/mol. The van der Waals surface area contributed by atoms with E-state index in [-0.39, 0.29) is 11.9 Å². The fourth-order valence-corrected chi connectivity index (χ4v) is 4.69. The number of carbonyl (C=O) groups excluding carboxylic acids is 1. The Labute approximate surface area is 221 Å². The third-order valence-electron chi connectivity index (χ3n) is 6.60. The van der Waals surface area contributed by atoms with Gasteiger partial charge in [0.05, 0.1) is 11.7 Å². The van der Waals surface area contributed by atoms with Gasteiger partial charge in [-0.1, -0.05) is 92.2 Å². The number of aryl methyl sites for hydroxylation is 1. The number of nitrogens with two attached hydrogens (primary N) is 1. The minimum absolute atomic E-state index is 0.0228. The van der Waals surface area contributed by atoms with E-state index in [1.54, 1.807) is 0 Å². The summed E-state index contributed by atoms with van der Waals surface area (Å²) in [6.07, 6.45) is 3.67. The van der Waals surface area contributed by atoms with Crippen LogP contribution in [-0.2, 0) is 6.54 Å². The third-order valence-corrected chi connectivity index (χ3v) is 6.60. The Hall–Kier alpha value is -3.70. The molecule has 4 rings (SSSR count). The highest BCUT2D eigenvalue weighted by atomic mass is 16.2. The molecule has 0 bridgehead atoms. The topological polar surface area (TPSA) is 64.2 Å². The molecule has 0 aliphatic rings. The fraction of sp³-hybridized carbons (Fsp3) is 0.312. The monoisotopic (exact) mass is 494 g/mol. The molecule has 5 heteroatoms. The molecule has 0 unspecified atom stereocenters. The number of hydrogen-bond donors (Lipinski definition) is 1. The summed E-state index contributed by atoms with van der Waals surface area (Å²) in [5.41, 5.74) is 10.9. The molecule has 0 fully saturated rings. The summed E-state index contributed by atoms with van der Waals surface area (Å²) < 4.78 is 2.22. The number of carbonyl (C=O) groups is 1. The van der Waals surface area contributed by atoms with Crippen molar-refractivity contribution in [1.29, 1.82) is 0 Å². The van der Waals surface area contributed by atoms with E-state index in [9.17, 15) is 4.79 Å². The molecule has 2 N–H and O–H groups in total. The molecule has 0 aliphatic heterocycles. The first kappa shape index (κ1) is 26.4. The number of aromatic nitrogens is 2. The molecule has 0 saturated heterocycles. The average Bonchev–Trinajstić information content (AvgIpc) is 3.33. The number of rotatable bonds is 11. The van der Waals surface area contributed by atoms with Gasteiger partial charge in [0, 0.05) is 30.4 Å². The second kappa shape index (κ2) is 12.5. The molecule has 37 heavy (non-hydrogen) atoms. The molecule has 1 heterocycles. The molecule has 5 nitrogen and oxygen atoms in total. The van der Waals surface area contributed by atoms with Gasteiger partial charge in [0.2, 0.25) is 0 Å². The molecular weight excluding hydrogens is 456 g/mol. The predicted octanol–water partition coefficient (Wildman–Crippen LogP) is 6.49. The first-order valence-electron chi connectivity index (χ1n) is 13.2. The largest absolute Gasteiger partial charge is 0.330 e. The SMILES string of the molecule is Cc1ccc(C(=O)N(CCCN)[C@H](CC(C)C)c2nc(-c3ccccc3)cn2Cc2ccccc2)cc1. The Balaban J connectivity index is 1.82. The van der Waals surface area contributed by atoms with Crippen LogP contribution >= 0.6 is 0 Å². The van der Waals surface area contributed by atoms with Gasteiger partial charge in [-0.3, -0.25) is 4.79 Å². The number of benzene rings is 3. The van der Waals surface area contributed by atoms with Gasteiger partial charge in [-0.25, -0.2) is 4.98 Å². The van der Waals surface area contributed by atoms with Crippen molar-refractivity contribution in [2.45, 2.75) is 46.2 Å². The molecule has 3 aromatic carbocycles. The van der Waals surface area contributed by atoms with Gasteiger partial charge in [-0.2, -0.15) is 0 Å². The van der Waals surface area contributed by atoms with Crippen LogP contribution in [-0.4, -0.2) is 33.4 Å². The summed E-state index contributed by atoms with van der Waals surface area (Å²) in [5.74, 6) is 1.31. The molecule has 0 aliphatic carbocycles. The van der Waals surface area contributed by atoms with Crippen LogP contribution in [0.25, 0.3) is 11.3 Å². The Morgan fingerprint density at radius 1 is 0.946 bits per heavy atom. The van der Waals surface area contributed by atoms with E-state index >= 15 is 0 Å². The van der Waals surface area contributed by atoms with Gasteiger partial charge in [0.15, 0.2) is 0 Å². The molecule has 192 valence electrons. The average molecular weight is 495 g/mol. The van der Waals surface area contributed by atoms with Crippen molar-refractivity contribution in [2.75, 3.05) is 13.1 Å². The highest BCUT2D eigenvalue weighted by Crippen LogP contribution is 2.32. The number of nitrogens with zero attached hydrogens (tertiary/aromatic N) is 3. The second-order valence-electron chi connectivity index (χ2n) is 10.1. The van der Waals surface area contributed by atoms with Crippen molar-refractivity contribution in [1.82, 2.24) is 14.5 Å². The van der Waals surface area contributed by atoms with E-state index in [2.05, 4.69) is 61.0 Å². The molecule has 0 radical (unpaired) electrons. The van der Waals surface area contributed by atoms with Gasteiger partial charge in [0.25, 0.3) is 5.91 Å². The molecule has 1 aromatic heterocycles. The lowest BCUT2D eigenvalue weighted by Gasteiger charge is -2.33. The van der Waals surface area contributed by atoms with Crippen LogP contribution in [0.3, 0.4) is 0 Å². The first-order chi connectivity index (χ1) is 18.0. The smallest absolute Gasteiger partial charge is 0.254 e. The zero-order chi connectivity index (χ0) is 26.2. The summed E-state index contributed by atoms with van der Waals surface area (Å²) in [6.45, 7) is 8.24. The summed E-state index contributed by atoms with van der Waals surface area (Å²) in [5, 5.41) is 0. The van der Waals surface area contributed by atoms with E-state index in [1.165, 1.54) is 5.56 Å². The van der Waals surface area contributed by atoms with Gasteiger partial charge >= 0.3 is 0 Å². The Morgan fingerprint density at radius 2 is 1.59 bits per heavy atom. The second-order valence-corrected chi connectivity index (χ2v) is 10.1. The fourth-order valence-electron chi connectivity index (χ4n) is 4.69. The molecule has 4 aromatic rings. The maximum atomic E-state index is 14.0. The maximum absolute atomic E-state index is 14.0. The van der Waals surface area contributed by atoms with Crippen molar-refractivity contribution < 1.29 is 4.79 Å². The summed E-state index contributed by atoms with van der Waals surface area (Å²) in [6, 6.07) is 28.3. The van der Waals surface area contributed by atoms with E-state index in [4.69, 9.17) is 10.7 Å². The van der Waals surface area contributed by atoms with Gasteiger partial charge in [-0.05, 0) is 49.9 Å². The van der Waals surface area contributed by atoms with Gasteiger partial charge < -0.3 is 15.2 Å². The van der Waals surface area contributed by atoms with Crippen LogP contribution in [0.15, 0.2) is 91.1 Å². The summed E-state index contributed by atoms with van der Waals surface area (Å²) in [4.78, 5) is 21.1. The van der Waals surface area contributed by atoms with Crippen molar-refractivity contribution in [3.63, 3.8) is 0 Å². The molecule has 0 saturated carbocycles. The lowest BCUT2D eigenvalue weighted by Crippen LogP contribution is -2.38. The van der Waals surface area contributed by atoms with Gasteiger partial charge in [0.1, 0.15) is 5.82 Å². The van der Waals surface area contributed by atoms with E-state index in [1.807, 2.05) is 60.4 Å². The normalized spacial score (nSPS) is 12.0. The van der Waals surface area contributed by atoms with Crippen LogP contribution in [0.4, 0.5) is 0 Å².